The summed E-state index contributed by atoms with van der Waals surface area (Å²) in [5.74, 6) is 3.01. The second kappa shape index (κ2) is 5.59. The largest absolute Gasteiger partial charge is 0.329 e. The Morgan fingerprint density at radius 3 is 2.95 bits per heavy atom. The minimum atomic E-state index is 0.505. The van der Waals surface area contributed by atoms with Crippen LogP contribution in [0.25, 0.3) is 0 Å². The molecule has 2 aliphatic rings. The number of hydrogen-bond acceptors (Lipinski definition) is 4. The van der Waals surface area contributed by atoms with Gasteiger partial charge in [0, 0.05) is 25.6 Å². The van der Waals surface area contributed by atoms with Gasteiger partial charge in [-0.05, 0) is 38.1 Å². The zero-order valence-corrected chi connectivity index (χ0v) is 11.9. The normalized spacial score (nSPS) is 28.3. The van der Waals surface area contributed by atoms with Crippen LogP contribution in [0.4, 0.5) is 0 Å². The Morgan fingerprint density at radius 2 is 2.11 bits per heavy atom. The number of aryl methyl sites for hydroxylation is 1. The molecule has 0 amide bonds. The molecule has 2 unspecified atom stereocenters. The van der Waals surface area contributed by atoms with Crippen molar-refractivity contribution in [2.24, 2.45) is 11.7 Å². The van der Waals surface area contributed by atoms with Crippen molar-refractivity contribution >= 4 is 0 Å². The van der Waals surface area contributed by atoms with Gasteiger partial charge in [0.15, 0.2) is 0 Å². The van der Waals surface area contributed by atoms with Crippen LogP contribution in [0.2, 0.25) is 0 Å². The van der Waals surface area contributed by atoms with Gasteiger partial charge in [0.25, 0.3) is 0 Å². The van der Waals surface area contributed by atoms with Gasteiger partial charge in [0.2, 0.25) is 0 Å². The molecule has 3 heterocycles. The molecule has 106 valence electrons. The third-order valence-corrected chi connectivity index (χ3v) is 4.75. The first-order valence-corrected chi connectivity index (χ1v) is 7.64. The van der Waals surface area contributed by atoms with Crippen LogP contribution in [-0.2, 0) is 19.5 Å². The summed E-state index contributed by atoms with van der Waals surface area (Å²) in [7, 11) is 0. The predicted molar refractivity (Wildman–Crippen MR) is 74.6 cm³/mol. The maximum Gasteiger partial charge on any atom is 0.147 e. The number of fused-ring (bicyclic) bond motifs is 1. The van der Waals surface area contributed by atoms with E-state index in [1.54, 1.807) is 0 Å². The Balaban J connectivity index is 1.75. The van der Waals surface area contributed by atoms with Crippen molar-refractivity contribution in [2.45, 2.75) is 58.2 Å². The van der Waals surface area contributed by atoms with Gasteiger partial charge in [-0.25, -0.2) is 0 Å². The smallest absolute Gasteiger partial charge is 0.147 e. The second-order valence-corrected chi connectivity index (χ2v) is 6.03. The van der Waals surface area contributed by atoms with Gasteiger partial charge in [-0.15, -0.1) is 10.2 Å². The van der Waals surface area contributed by atoms with Gasteiger partial charge in [-0.3, -0.25) is 4.90 Å². The van der Waals surface area contributed by atoms with E-state index in [0.29, 0.717) is 12.0 Å². The summed E-state index contributed by atoms with van der Waals surface area (Å²) >= 11 is 0. The highest BCUT2D eigenvalue weighted by atomic mass is 15.3. The molecule has 0 bridgehead atoms. The Kier molecular flexibility index (Phi) is 3.84. The van der Waals surface area contributed by atoms with Crippen LogP contribution in [0.1, 0.15) is 44.3 Å². The Hall–Kier alpha value is -0.940. The van der Waals surface area contributed by atoms with E-state index in [0.717, 1.165) is 38.4 Å². The molecule has 2 aliphatic heterocycles. The number of likely N-dealkylation sites (tertiary alicyclic amines) is 1. The fourth-order valence-corrected chi connectivity index (χ4v) is 3.58. The van der Waals surface area contributed by atoms with E-state index in [1.807, 2.05) is 0 Å². The first-order chi connectivity index (χ1) is 9.29. The summed E-state index contributed by atoms with van der Waals surface area (Å²) in [6, 6.07) is 0.505. The van der Waals surface area contributed by atoms with Crippen molar-refractivity contribution in [1.29, 1.82) is 0 Å². The van der Waals surface area contributed by atoms with Gasteiger partial charge < -0.3 is 10.3 Å². The number of piperidine rings is 1. The average molecular weight is 263 g/mol. The van der Waals surface area contributed by atoms with Crippen LogP contribution in [0.15, 0.2) is 0 Å². The third kappa shape index (κ3) is 2.54. The van der Waals surface area contributed by atoms with E-state index in [1.165, 1.54) is 31.5 Å². The van der Waals surface area contributed by atoms with Gasteiger partial charge >= 0.3 is 0 Å². The number of nitrogens with zero attached hydrogens (tertiary/aromatic N) is 4. The fraction of sp³-hybridized carbons (Fsp3) is 0.857. The summed E-state index contributed by atoms with van der Waals surface area (Å²) in [6.45, 7) is 6.23. The third-order valence-electron chi connectivity index (χ3n) is 4.75. The quantitative estimate of drug-likeness (QED) is 0.889. The zero-order chi connectivity index (χ0) is 13.2. The average Bonchev–Trinajstić information content (AvgIpc) is 2.83. The standard InChI is InChI=1S/C14H25N5/c1-11-5-4-7-18(12(11)9-15)10-14-17-16-13-6-2-3-8-19(13)14/h11-12H,2-10,15H2,1H3. The first-order valence-electron chi connectivity index (χ1n) is 7.64. The second-order valence-electron chi connectivity index (χ2n) is 6.03. The lowest BCUT2D eigenvalue weighted by Gasteiger charge is -2.39. The van der Waals surface area contributed by atoms with Crippen molar-refractivity contribution in [3.63, 3.8) is 0 Å². The number of aromatic nitrogens is 3. The predicted octanol–water partition coefficient (Wildman–Crippen LogP) is 1.17. The van der Waals surface area contributed by atoms with Gasteiger partial charge in [-0.2, -0.15) is 0 Å². The summed E-state index contributed by atoms with van der Waals surface area (Å²) < 4.78 is 2.33. The van der Waals surface area contributed by atoms with Crippen LogP contribution in [0, 0.1) is 5.92 Å². The fourth-order valence-electron chi connectivity index (χ4n) is 3.58. The molecule has 1 aromatic rings. The minimum absolute atomic E-state index is 0.505. The van der Waals surface area contributed by atoms with Crippen LogP contribution in [0.5, 0.6) is 0 Å². The van der Waals surface area contributed by atoms with Gasteiger partial charge in [0.05, 0.1) is 6.54 Å². The molecule has 1 saturated heterocycles. The molecule has 5 nitrogen and oxygen atoms in total. The topological polar surface area (TPSA) is 60.0 Å². The van der Waals surface area contributed by atoms with Gasteiger partial charge in [-0.1, -0.05) is 6.92 Å². The van der Waals surface area contributed by atoms with Gasteiger partial charge in [0.1, 0.15) is 11.6 Å². The molecular weight excluding hydrogens is 238 g/mol. The molecule has 5 heteroatoms. The Morgan fingerprint density at radius 1 is 1.21 bits per heavy atom. The Labute approximate surface area is 115 Å². The number of hydrogen-bond donors (Lipinski definition) is 1. The molecular formula is C14H25N5. The minimum Gasteiger partial charge on any atom is -0.329 e. The van der Waals surface area contributed by atoms with E-state index in [9.17, 15) is 0 Å². The highest BCUT2D eigenvalue weighted by molar-refractivity contribution is 5.00. The summed E-state index contributed by atoms with van der Waals surface area (Å²) in [4.78, 5) is 2.51. The molecule has 1 fully saturated rings. The van der Waals surface area contributed by atoms with Crippen molar-refractivity contribution in [2.75, 3.05) is 13.1 Å². The molecule has 0 aliphatic carbocycles. The maximum atomic E-state index is 5.97. The van der Waals surface area contributed by atoms with Crippen LogP contribution in [-0.4, -0.2) is 38.8 Å². The summed E-state index contributed by atoms with van der Waals surface area (Å²) in [6.07, 6.45) is 6.18. The molecule has 19 heavy (non-hydrogen) atoms. The molecule has 0 saturated carbocycles. The van der Waals surface area contributed by atoms with Crippen LogP contribution >= 0.6 is 0 Å². The van der Waals surface area contributed by atoms with E-state index < -0.39 is 0 Å². The van der Waals surface area contributed by atoms with Crippen molar-refractivity contribution in [3.05, 3.63) is 11.6 Å². The number of rotatable bonds is 3. The Bertz CT molecular complexity index is 427. The SMILES string of the molecule is CC1CCCN(Cc2nnc3n2CCCC3)C1CN. The monoisotopic (exact) mass is 263 g/mol. The summed E-state index contributed by atoms with van der Waals surface area (Å²) in [5.41, 5.74) is 5.97. The molecule has 0 aromatic carbocycles. The van der Waals surface area contributed by atoms with Crippen LogP contribution < -0.4 is 5.73 Å². The highest BCUT2D eigenvalue weighted by Crippen LogP contribution is 2.24. The lowest BCUT2D eigenvalue weighted by molar-refractivity contribution is 0.0947. The zero-order valence-electron chi connectivity index (χ0n) is 11.9. The van der Waals surface area contributed by atoms with E-state index in [2.05, 4.69) is 26.6 Å². The van der Waals surface area contributed by atoms with Crippen molar-refractivity contribution in [3.8, 4) is 0 Å². The molecule has 0 radical (unpaired) electrons. The highest BCUT2D eigenvalue weighted by Gasteiger charge is 2.29. The molecule has 2 N–H and O–H groups in total. The number of nitrogens with two attached hydrogens (primary N) is 1. The maximum absolute atomic E-state index is 5.97. The van der Waals surface area contributed by atoms with Crippen LogP contribution in [0.3, 0.4) is 0 Å². The lowest BCUT2D eigenvalue weighted by Crippen LogP contribution is -2.48. The van der Waals surface area contributed by atoms with Crippen molar-refractivity contribution in [1.82, 2.24) is 19.7 Å². The van der Waals surface area contributed by atoms with E-state index in [4.69, 9.17) is 5.73 Å². The van der Waals surface area contributed by atoms with E-state index >= 15 is 0 Å². The molecule has 2 atom stereocenters. The van der Waals surface area contributed by atoms with E-state index in [-0.39, 0.29) is 0 Å². The molecule has 0 spiro atoms. The summed E-state index contributed by atoms with van der Waals surface area (Å²) in [5, 5.41) is 8.76. The first kappa shape index (κ1) is 13.1. The molecule has 1 aromatic heterocycles. The molecule has 3 rings (SSSR count). The van der Waals surface area contributed by atoms with Crippen molar-refractivity contribution < 1.29 is 0 Å². The lowest BCUT2D eigenvalue weighted by atomic mass is 9.91.